The molecule has 0 bridgehead atoms. The van der Waals surface area contributed by atoms with Crippen LogP contribution in [0.5, 0.6) is 11.5 Å². The Morgan fingerprint density at radius 3 is 2.33 bits per heavy atom. The van der Waals surface area contributed by atoms with Crippen molar-refractivity contribution >= 4 is 10.0 Å². The maximum atomic E-state index is 12.8. The van der Waals surface area contributed by atoms with E-state index < -0.39 is 16.1 Å². The Morgan fingerprint density at radius 1 is 1.00 bits per heavy atom. The van der Waals surface area contributed by atoms with Gasteiger partial charge in [0, 0.05) is 11.6 Å². The fraction of sp³-hybridized carbons (Fsp3) is 0.333. The number of hydrogen-bond donors (Lipinski definition) is 1. The van der Waals surface area contributed by atoms with Gasteiger partial charge in [0.05, 0.1) is 19.1 Å². The van der Waals surface area contributed by atoms with Crippen molar-refractivity contribution in [3.63, 3.8) is 0 Å². The quantitative estimate of drug-likeness (QED) is 0.868. The van der Waals surface area contributed by atoms with E-state index in [0.29, 0.717) is 22.6 Å². The zero-order chi connectivity index (χ0) is 17.9. The monoisotopic (exact) mass is 349 g/mol. The van der Waals surface area contributed by atoms with Crippen molar-refractivity contribution in [2.75, 3.05) is 14.2 Å². The van der Waals surface area contributed by atoms with Crippen LogP contribution in [-0.2, 0) is 10.0 Å². The van der Waals surface area contributed by atoms with E-state index in [-0.39, 0.29) is 4.90 Å². The van der Waals surface area contributed by atoms with Gasteiger partial charge in [0.2, 0.25) is 10.0 Å². The van der Waals surface area contributed by atoms with Gasteiger partial charge in [-0.15, -0.1) is 0 Å². The SMILES string of the molecule is COc1ccc(OC)c(C(C)NS(=O)(=O)c2cc(C)ccc2C)c1. The molecule has 2 aromatic carbocycles. The molecule has 0 radical (unpaired) electrons. The lowest BCUT2D eigenvalue weighted by Gasteiger charge is -2.19. The van der Waals surface area contributed by atoms with E-state index in [1.54, 1.807) is 58.4 Å². The van der Waals surface area contributed by atoms with Crippen LogP contribution in [0.15, 0.2) is 41.3 Å². The van der Waals surface area contributed by atoms with Crippen LogP contribution in [0.4, 0.5) is 0 Å². The number of benzene rings is 2. The van der Waals surface area contributed by atoms with Crippen LogP contribution < -0.4 is 14.2 Å². The molecule has 0 amide bonds. The third-order valence-electron chi connectivity index (χ3n) is 3.87. The van der Waals surface area contributed by atoms with E-state index in [1.807, 2.05) is 13.0 Å². The first-order chi connectivity index (χ1) is 11.3. The fourth-order valence-electron chi connectivity index (χ4n) is 2.53. The summed E-state index contributed by atoms with van der Waals surface area (Å²) in [7, 11) is -0.533. The standard InChI is InChI=1S/C18H23NO4S/c1-12-6-7-13(2)18(10-12)24(20,21)19-14(3)16-11-15(22-4)8-9-17(16)23-5/h6-11,14,19H,1-5H3. The van der Waals surface area contributed by atoms with Crippen LogP contribution in [0.25, 0.3) is 0 Å². The highest BCUT2D eigenvalue weighted by Gasteiger charge is 2.22. The largest absolute Gasteiger partial charge is 0.497 e. The molecule has 2 aromatic rings. The Balaban J connectivity index is 2.38. The van der Waals surface area contributed by atoms with Crippen LogP contribution in [-0.4, -0.2) is 22.6 Å². The average molecular weight is 349 g/mol. The molecule has 0 fully saturated rings. The van der Waals surface area contributed by atoms with Gasteiger partial charge in [-0.2, -0.15) is 0 Å². The van der Waals surface area contributed by atoms with E-state index in [0.717, 1.165) is 5.56 Å². The zero-order valence-corrected chi connectivity index (χ0v) is 15.4. The topological polar surface area (TPSA) is 64.6 Å². The minimum absolute atomic E-state index is 0.288. The van der Waals surface area contributed by atoms with Crippen molar-refractivity contribution < 1.29 is 17.9 Å². The molecular weight excluding hydrogens is 326 g/mol. The molecule has 2 rings (SSSR count). The molecule has 0 heterocycles. The van der Waals surface area contributed by atoms with Crippen molar-refractivity contribution in [1.82, 2.24) is 4.72 Å². The third-order valence-corrected chi connectivity index (χ3v) is 5.55. The minimum atomic E-state index is -3.65. The molecule has 0 aromatic heterocycles. The summed E-state index contributed by atoms with van der Waals surface area (Å²) in [5.41, 5.74) is 2.32. The highest BCUT2D eigenvalue weighted by molar-refractivity contribution is 7.89. The molecule has 130 valence electrons. The molecule has 1 N–H and O–H groups in total. The molecule has 0 saturated carbocycles. The lowest BCUT2D eigenvalue weighted by atomic mass is 10.1. The van der Waals surface area contributed by atoms with Crippen LogP contribution >= 0.6 is 0 Å². The van der Waals surface area contributed by atoms with Crippen LogP contribution in [0, 0.1) is 13.8 Å². The Hall–Kier alpha value is -2.05. The summed E-state index contributed by atoms with van der Waals surface area (Å²) < 4.78 is 38.8. The summed E-state index contributed by atoms with van der Waals surface area (Å²) in [5, 5.41) is 0. The van der Waals surface area contributed by atoms with E-state index in [4.69, 9.17) is 9.47 Å². The first-order valence-electron chi connectivity index (χ1n) is 7.60. The van der Waals surface area contributed by atoms with Crippen molar-refractivity contribution in [2.24, 2.45) is 0 Å². The van der Waals surface area contributed by atoms with Gasteiger partial charge in [0.25, 0.3) is 0 Å². The number of rotatable bonds is 6. The second-order valence-electron chi connectivity index (χ2n) is 5.72. The van der Waals surface area contributed by atoms with Crippen molar-refractivity contribution in [3.8, 4) is 11.5 Å². The predicted molar refractivity (Wildman–Crippen MR) is 94.2 cm³/mol. The molecule has 0 aliphatic rings. The molecule has 1 unspecified atom stereocenters. The van der Waals surface area contributed by atoms with E-state index in [1.165, 1.54) is 0 Å². The van der Waals surface area contributed by atoms with Crippen molar-refractivity contribution in [3.05, 3.63) is 53.1 Å². The summed E-state index contributed by atoms with van der Waals surface area (Å²) in [4.78, 5) is 0.288. The summed E-state index contributed by atoms with van der Waals surface area (Å²) >= 11 is 0. The van der Waals surface area contributed by atoms with Crippen LogP contribution in [0.1, 0.15) is 29.7 Å². The Labute approximate surface area is 143 Å². The lowest BCUT2D eigenvalue weighted by Crippen LogP contribution is -2.27. The first kappa shape index (κ1) is 18.3. The predicted octanol–water partition coefficient (Wildman–Crippen LogP) is 3.36. The molecular formula is C18H23NO4S. The van der Waals surface area contributed by atoms with E-state index >= 15 is 0 Å². The molecule has 5 nitrogen and oxygen atoms in total. The number of hydrogen-bond acceptors (Lipinski definition) is 4. The van der Waals surface area contributed by atoms with Crippen LogP contribution in [0.2, 0.25) is 0 Å². The Kier molecular flexibility index (Phi) is 5.51. The van der Waals surface area contributed by atoms with Gasteiger partial charge in [-0.05, 0) is 56.2 Å². The molecule has 0 spiro atoms. The van der Waals surface area contributed by atoms with Gasteiger partial charge in [-0.25, -0.2) is 13.1 Å². The van der Waals surface area contributed by atoms with Gasteiger partial charge < -0.3 is 9.47 Å². The normalized spacial score (nSPS) is 12.7. The van der Waals surface area contributed by atoms with Crippen molar-refractivity contribution in [2.45, 2.75) is 31.7 Å². The van der Waals surface area contributed by atoms with E-state index in [2.05, 4.69) is 4.72 Å². The van der Waals surface area contributed by atoms with Crippen molar-refractivity contribution in [1.29, 1.82) is 0 Å². The molecule has 1 atom stereocenters. The maximum Gasteiger partial charge on any atom is 0.241 e. The maximum absolute atomic E-state index is 12.8. The number of sulfonamides is 1. The fourth-order valence-corrected chi connectivity index (χ4v) is 4.09. The summed E-state index contributed by atoms with van der Waals surface area (Å²) in [5.74, 6) is 1.25. The Morgan fingerprint density at radius 2 is 1.71 bits per heavy atom. The van der Waals surface area contributed by atoms with Gasteiger partial charge in [-0.1, -0.05) is 12.1 Å². The minimum Gasteiger partial charge on any atom is -0.497 e. The highest BCUT2D eigenvalue weighted by atomic mass is 32.2. The first-order valence-corrected chi connectivity index (χ1v) is 9.08. The van der Waals surface area contributed by atoms with Crippen LogP contribution in [0.3, 0.4) is 0 Å². The third kappa shape index (κ3) is 3.88. The van der Waals surface area contributed by atoms with Gasteiger partial charge >= 0.3 is 0 Å². The summed E-state index contributed by atoms with van der Waals surface area (Å²) in [6, 6.07) is 10.2. The number of nitrogens with one attached hydrogen (secondary N) is 1. The molecule has 0 saturated heterocycles. The molecule has 24 heavy (non-hydrogen) atoms. The summed E-state index contributed by atoms with van der Waals surface area (Å²) in [6.45, 7) is 5.43. The highest BCUT2D eigenvalue weighted by Crippen LogP contribution is 2.30. The van der Waals surface area contributed by atoms with Gasteiger partial charge in [0.15, 0.2) is 0 Å². The van der Waals surface area contributed by atoms with Gasteiger partial charge in [0.1, 0.15) is 11.5 Å². The zero-order valence-electron chi connectivity index (χ0n) is 14.6. The number of methoxy groups -OCH3 is 2. The molecule has 6 heteroatoms. The molecule has 0 aliphatic carbocycles. The number of aryl methyl sites for hydroxylation is 2. The second-order valence-corrected chi connectivity index (χ2v) is 7.40. The smallest absolute Gasteiger partial charge is 0.241 e. The second kappa shape index (κ2) is 7.23. The van der Waals surface area contributed by atoms with E-state index in [9.17, 15) is 8.42 Å². The average Bonchev–Trinajstić information content (AvgIpc) is 2.55. The number of ether oxygens (including phenoxy) is 2. The van der Waals surface area contributed by atoms with Gasteiger partial charge in [-0.3, -0.25) is 0 Å². The summed E-state index contributed by atoms with van der Waals surface area (Å²) in [6.07, 6.45) is 0. The molecule has 0 aliphatic heterocycles. The Bertz CT molecular complexity index is 831. The lowest BCUT2D eigenvalue weighted by molar-refractivity contribution is 0.395.